The molecule has 0 atom stereocenters. The van der Waals surface area contributed by atoms with Crippen LogP contribution in [0, 0.1) is 0 Å². The Hall–Kier alpha value is -2.00. The highest BCUT2D eigenvalue weighted by molar-refractivity contribution is 5.79. The molecule has 0 saturated carbocycles. The van der Waals surface area contributed by atoms with E-state index in [1.807, 2.05) is 0 Å². The van der Waals surface area contributed by atoms with Gasteiger partial charge in [0.05, 0.1) is 13.2 Å². The van der Waals surface area contributed by atoms with Crippen molar-refractivity contribution in [3.8, 4) is 5.75 Å². The van der Waals surface area contributed by atoms with E-state index in [1.165, 1.54) is 12.1 Å². The maximum absolute atomic E-state index is 12.5. The van der Waals surface area contributed by atoms with Gasteiger partial charge in [-0.25, -0.2) is 0 Å². The van der Waals surface area contributed by atoms with E-state index in [-0.39, 0.29) is 17.8 Å². The first-order valence-corrected chi connectivity index (χ1v) is 8.82. The van der Waals surface area contributed by atoms with Crippen molar-refractivity contribution in [3.63, 3.8) is 0 Å². The lowest BCUT2D eigenvalue weighted by atomic mass is 10.0. The van der Waals surface area contributed by atoms with Crippen molar-refractivity contribution in [1.29, 1.82) is 0 Å². The second-order valence-corrected chi connectivity index (χ2v) is 6.85. The van der Waals surface area contributed by atoms with Gasteiger partial charge in [0.25, 0.3) is 0 Å². The van der Waals surface area contributed by atoms with Crippen molar-refractivity contribution in [2.45, 2.75) is 32.3 Å². The first-order chi connectivity index (χ1) is 12.7. The normalized spacial score (nSPS) is 16.9. The third-order valence-corrected chi connectivity index (χ3v) is 4.42. The molecule has 27 heavy (non-hydrogen) atoms. The van der Waals surface area contributed by atoms with Crippen LogP contribution in [0.5, 0.6) is 5.75 Å². The summed E-state index contributed by atoms with van der Waals surface area (Å²) in [7, 11) is 1.62. The lowest BCUT2D eigenvalue weighted by Crippen LogP contribution is -2.56. The average molecular weight is 388 g/mol. The summed E-state index contributed by atoms with van der Waals surface area (Å²) >= 11 is 0. The van der Waals surface area contributed by atoms with E-state index in [0.29, 0.717) is 31.3 Å². The number of rotatable bonds is 6. The van der Waals surface area contributed by atoms with E-state index < -0.39 is 6.36 Å². The lowest BCUT2D eigenvalue weighted by molar-refractivity contribution is -0.274. The number of para-hydroxylation sites is 1. The summed E-state index contributed by atoms with van der Waals surface area (Å²) in [6.45, 7) is 8.21. The molecule has 0 bridgehead atoms. The minimum atomic E-state index is -4.72. The molecule has 0 amide bonds. The van der Waals surface area contributed by atoms with Gasteiger partial charge in [0.2, 0.25) is 0 Å². The van der Waals surface area contributed by atoms with E-state index in [0.717, 1.165) is 13.1 Å². The SMILES string of the molecule is CN=C(NCc1ccccc1OC(F)(F)F)NCC(C)(C)N1CCOCC1. The number of aliphatic imine (C=N–C) groups is 1. The molecular weight excluding hydrogens is 361 g/mol. The molecule has 1 aromatic carbocycles. The highest BCUT2D eigenvalue weighted by Crippen LogP contribution is 2.26. The molecule has 1 aromatic rings. The van der Waals surface area contributed by atoms with Crippen molar-refractivity contribution < 1.29 is 22.6 Å². The van der Waals surface area contributed by atoms with Gasteiger partial charge >= 0.3 is 6.36 Å². The molecule has 0 unspecified atom stereocenters. The van der Waals surface area contributed by atoms with Gasteiger partial charge in [0.1, 0.15) is 5.75 Å². The molecule has 0 aromatic heterocycles. The van der Waals surface area contributed by atoms with Gasteiger partial charge in [-0.2, -0.15) is 0 Å². The molecule has 6 nitrogen and oxygen atoms in total. The van der Waals surface area contributed by atoms with E-state index in [9.17, 15) is 13.2 Å². The van der Waals surface area contributed by atoms with E-state index >= 15 is 0 Å². The maximum Gasteiger partial charge on any atom is 0.573 e. The fraction of sp³-hybridized carbons (Fsp3) is 0.611. The Labute approximate surface area is 157 Å². The summed E-state index contributed by atoms with van der Waals surface area (Å²) in [5, 5.41) is 6.27. The minimum absolute atomic E-state index is 0.112. The summed E-state index contributed by atoms with van der Waals surface area (Å²) in [4.78, 5) is 6.48. The van der Waals surface area contributed by atoms with Crippen LogP contribution in [0.15, 0.2) is 29.3 Å². The third kappa shape index (κ3) is 6.91. The lowest BCUT2D eigenvalue weighted by Gasteiger charge is -2.41. The predicted molar refractivity (Wildman–Crippen MR) is 97.8 cm³/mol. The van der Waals surface area contributed by atoms with Crippen molar-refractivity contribution in [3.05, 3.63) is 29.8 Å². The summed E-state index contributed by atoms with van der Waals surface area (Å²) in [6.07, 6.45) is -4.72. The number of hydrogen-bond donors (Lipinski definition) is 2. The molecule has 2 N–H and O–H groups in total. The largest absolute Gasteiger partial charge is 0.573 e. The number of guanidine groups is 1. The molecule has 0 aliphatic carbocycles. The van der Waals surface area contributed by atoms with Crippen LogP contribution in [-0.4, -0.2) is 62.7 Å². The summed E-state index contributed by atoms with van der Waals surface area (Å²) < 4.78 is 47.0. The fourth-order valence-corrected chi connectivity index (χ4v) is 2.85. The van der Waals surface area contributed by atoms with Gasteiger partial charge in [-0.15, -0.1) is 13.2 Å². The van der Waals surface area contributed by atoms with E-state index in [4.69, 9.17) is 4.74 Å². The summed E-state index contributed by atoms with van der Waals surface area (Å²) in [5.74, 6) is 0.291. The topological polar surface area (TPSA) is 58.1 Å². The molecule has 1 fully saturated rings. The Kier molecular flexibility index (Phi) is 7.32. The molecule has 9 heteroatoms. The molecule has 0 radical (unpaired) electrons. The molecular formula is C18H27F3N4O2. The Morgan fingerprint density at radius 1 is 1.19 bits per heavy atom. The van der Waals surface area contributed by atoms with Crippen LogP contribution in [0.1, 0.15) is 19.4 Å². The highest BCUT2D eigenvalue weighted by atomic mass is 19.4. The molecule has 1 aliphatic rings. The van der Waals surface area contributed by atoms with Crippen LogP contribution in [0.3, 0.4) is 0 Å². The van der Waals surface area contributed by atoms with Gasteiger partial charge in [-0.3, -0.25) is 9.89 Å². The van der Waals surface area contributed by atoms with Gasteiger partial charge in [0, 0.05) is 44.3 Å². The van der Waals surface area contributed by atoms with Gasteiger partial charge in [-0.1, -0.05) is 18.2 Å². The predicted octanol–water partition coefficient (Wildman–Crippen LogP) is 2.36. The second-order valence-electron chi connectivity index (χ2n) is 6.85. The standard InChI is InChI=1S/C18H27F3N4O2/c1-17(2,25-8-10-26-11-9-25)13-24-16(22-3)23-12-14-6-4-5-7-15(14)27-18(19,20)21/h4-7H,8-13H2,1-3H3,(H2,22,23,24). The highest BCUT2D eigenvalue weighted by Gasteiger charge is 2.32. The molecule has 0 spiro atoms. The number of morpholine rings is 1. The van der Waals surface area contributed by atoms with E-state index in [1.54, 1.807) is 19.2 Å². The van der Waals surface area contributed by atoms with Gasteiger partial charge in [-0.05, 0) is 19.9 Å². The van der Waals surface area contributed by atoms with Crippen molar-refractivity contribution >= 4 is 5.96 Å². The number of alkyl halides is 3. The van der Waals surface area contributed by atoms with Crippen LogP contribution >= 0.6 is 0 Å². The first-order valence-electron chi connectivity index (χ1n) is 8.82. The summed E-state index contributed by atoms with van der Waals surface area (Å²) in [5.41, 5.74) is 0.281. The molecule has 1 heterocycles. The Morgan fingerprint density at radius 3 is 2.48 bits per heavy atom. The number of ether oxygens (including phenoxy) is 2. The zero-order chi connectivity index (χ0) is 19.9. The number of halogens is 3. The smallest absolute Gasteiger partial charge is 0.405 e. The zero-order valence-electron chi connectivity index (χ0n) is 15.9. The Bertz CT molecular complexity index is 629. The molecule has 152 valence electrons. The molecule has 1 saturated heterocycles. The van der Waals surface area contributed by atoms with Crippen LogP contribution in [0.4, 0.5) is 13.2 Å². The molecule has 1 aliphatic heterocycles. The average Bonchev–Trinajstić information content (AvgIpc) is 2.62. The molecule has 2 rings (SSSR count). The number of nitrogens with zero attached hydrogens (tertiary/aromatic N) is 2. The van der Waals surface area contributed by atoms with Crippen LogP contribution < -0.4 is 15.4 Å². The van der Waals surface area contributed by atoms with Crippen molar-refractivity contribution in [1.82, 2.24) is 15.5 Å². The van der Waals surface area contributed by atoms with Crippen LogP contribution in [0.2, 0.25) is 0 Å². The van der Waals surface area contributed by atoms with Gasteiger partial charge < -0.3 is 20.1 Å². The minimum Gasteiger partial charge on any atom is -0.405 e. The van der Waals surface area contributed by atoms with Gasteiger partial charge in [0.15, 0.2) is 5.96 Å². The number of nitrogens with one attached hydrogen (secondary N) is 2. The number of hydrogen-bond acceptors (Lipinski definition) is 4. The quantitative estimate of drug-likeness (QED) is 0.579. The number of benzene rings is 1. The third-order valence-electron chi connectivity index (χ3n) is 4.42. The second kappa shape index (κ2) is 9.27. The maximum atomic E-state index is 12.5. The Morgan fingerprint density at radius 2 is 1.85 bits per heavy atom. The summed E-state index contributed by atoms with van der Waals surface area (Å²) in [6, 6.07) is 6.04. The van der Waals surface area contributed by atoms with Crippen molar-refractivity contribution in [2.75, 3.05) is 39.9 Å². The zero-order valence-corrected chi connectivity index (χ0v) is 15.9. The fourth-order valence-electron chi connectivity index (χ4n) is 2.85. The monoisotopic (exact) mass is 388 g/mol. The van der Waals surface area contributed by atoms with Crippen LogP contribution in [0.25, 0.3) is 0 Å². The van der Waals surface area contributed by atoms with E-state index in [2.05, 4.69) is 39.1 Å². The Balaban J connectivity index is 1.91. The van der Waals surface area contributed by atoms with Crippen molar-refractivity contribution in [2.24, 2.45) is 4.99 Å². The first kappa shape index (κ1) is 21.3. The van der Waals surface area contributed by atoms with Crippen LogP contribution in [-0.2, 0) is 11.3 Å².